The first-order valence-corrected chi connectivity index (χ1v) is 9.58. The number of nitrogens with one attached hydrogen (secondary N) is 1. The highest BCUT2D eigenvalue weighted by Crippen LogP contribution is 2.32. The van der Waals surface area contributed by atoms with E-state index in [0.717, 1.165) is 23.4 Å². The molecule has 1 fully saturated rings. The van der Waals surface area contributed by atoms with Gasteiger partial charge in [-0.05, 0) is 37.8 Å². The Morgan fingerprint density at radius 3 is 2.81 bits per heavy atom. The second-order valence-electron chi connectivity index (χ2n) is 5.40. The summed E-state index contributed by atoms with van der Waals surface area (Å²) >= 11 is 1.50. The number of aryl methyl sites for hydroxylation is 1. The fourth-order valence-electron chi connectivity index (χ4n) is 2.71. The van der Waals surface area contributed by atoms with Crippen LogP contribution in [0.25, 0.3) is 0 Å². The van der Waals surface area contributed by atoms with Gasteiger partial charge in [-0.1, -0.05) is 6.92 Å². The second kappa shape index (κ2) is 6.75. The van der Waals surface area contributed by atoms with Gasteiger partial charge < -0.3 is 10.1 Å². The molecular weight excluding hydrogens is 308 g/mol. The van der Waals surface area contributed by atoms with E-state index in [0.29, 0.717) is 18.0 Å². The first-order chi connectivity index (χ1) is 9.89. The van der Waals surface area contributed by atoms with Crippen molar-refractivity contribution in [2.24, 2.45) is 0 Å². The van der Waals surface area contributed by atoms with Crippen LogP contribution in [0.15, 0.2) is 10.3 Å². The minimum atomic E-state index is -3.48. The zero-order valence-electron chi connectivity index (χ0n) is 13.0. The summed E-state index contributed by atoms with van der Waals surface area (Å²) < 4.78 is 33.0. The largest absolute Gasteiger partial charge is 0.377 e. The molecule has 0 saturated carbocycles. The van der Waals surface area contributed by atoms with Gasteiger partial charge in [0.15, 0.2) is 0 Å². The summed E-state index contributed by atoms with van der Waals surface area (Å²) in [7, 11) is -1.81. The molecule has 0 amide bonds. The van der Waals surface area contributed by atoms with E-state index in [9.17, 15) is 8.42 Å². The molecule has 120 valence electrons. The van der Waals surface area contributed by atoms with Crippen LogP contribution in [0.1, 0.15) is 30.7 Å². The number of nitrogens with zero attached hydrogens (tertiary/aromatic N) is 1. The van der Waals surface area contributed by atoms with Crippen molar-refractivity contribution in [1.29, 1.82) is 0 Å². The molecule has 7 heteroatoms. The molecule has 1 aromatic rings. The zero-order valence-corrected chi connectivity index (χ0v) is 14.7. The minimum absolute atomic E-state index is 0.0547. The molecule has 2 atom stereocenters. The van der Waals surface area contributed by atoms with Crippen LogP contribution in [-0.4, -0.2) is 45.1 Å². The van der Waals surface area contributed by atoms with Crippen LogP contribution in [0, 0.1) is 6.92 Å². The molecule has 0 radical (unpaired) electrons. The third-order valence-electron chi connectivity index (χ3n) is 3.97. The number of likely N-dealkylation sites (N-methyl/N-ethyl adjacent to an activating group) is 1. The molecule has 0 aliphatic carbocycles. The Morgan fingerprint density at radius 1 is 1.52 bits per heavy atom. The van der Waals surface area contributed by atoms with Crippen molar-refractivity contribution in [3.8, 4) is 0 Å². The predicted molar refractivity (Wildman–Crippen MR) is 85.2 cm³/mol. The van der Waals surface area contributed by atoms with Gasteiger partial charge in [-0.3, -0.25) is 0 Å². The molecule has 5 nitrogen and oxygen atoms in total. The SMILES string of the molecule is CCNCc1scc(C)c1S(=O)(=O)N(C)C1CCOC1C. The van der Waals surface area contributed by atoms with Crippen molar-refractivity contribution >= 4 is 21.4 Å². The lowest BCUT2D eigenvalue weighted by atomic mass is 10.2. The molecule has 21 heavy (non-hydrogen) atoms. The molecule has 2 rings (SSSR count). The summed E-state index contributed by atoms with van der Waals surface area (Å²) in [6, 6.07) is -0.0821. The van der Waals surface area contributed by atoms with Gasteiger partial charge in [0.25, 0.3) is 0 Å². The Balaban J connectivity index is 2.32. The second-order valence-corrected chi connectivity index (χ2v) is 8.30. The molecular formula is C14H24N2O3S2. The summed E-state index contributed by atoms with van der Waals surface area (Å²) in [6.45, 7) is 7.84. The van der Waals surface area contributed by atoms with Gasteiger partial charge in [-0.15, -0.1) is 11.3 Å². The summed E-state index contributed by atoms with van der Waals surface area (Å²) in [5.41, 5.74) is 0.825. The predicted octanol–water partition coefficient (Wildman–Crippen LogP) is 1.96. The van der Waals surface area contributed by atoms with Crippen LogP contribution in [0.4, 0.5) is 0 Å². The fourth-order valence-corrected chi connectivity index (χ4v) is 5.89. The third kappa shape index (κ3) is 3.32. The number of thiophene rings is 1. The van der Waals surface area contributed by atoms with E-state index in [1.807, 2.05) is 26.2 Å². The van der Waals surface area contributed by atoms with E-state index < -0.39 is 10.0 Å². The highest BCUT2D eigenvalue weighted by Gasteiger charge is 2.37. The smallest absolute Gasteiger partial charge is 0.244 e. The van der Waals surface area contributed by atoms with Crippen LogP contribution in [-0.2, 0) is 21.3 Å². The van der Waals surface area contributed by atoms with Gasteiger partial charge >= 0.3 is 0 Å². The van der Waals surface area contributed by atoms with Crippen molar-refractivity contribution in [2.45, 2.75) is 50.8 Å². The van der Waals surface area contributed by atoms with Crippen molar-refractivity contribution in [1.82, 2.24) is 9.62 Å². The highest BCUT2D eigenvalue weighted by atomic mass is 32.2. The van der Waals surface area contributed by atoms with E-state index in [1.165, 1.54) is 15.6 Å². The highest BCUT2D eigenvalue weighted by molar-refractivity contribution is 7.89. The summed E-state index contributed by atoms with van der Waals surface area (Å²) in [4.78, 5) is 1.35. The number of hydrogen-bond acceptors (Lipinski definition) is 5. The Morgan fingerprint density at radius 2 is 2.24 bits per heavy atom. The summed E-state index contributed by atoms with van der Waals surface area (Å²) in [5, 5.41) is 5.13. The van der Waals surface area contributed by atoms with Gasteiger partial charge in [0.1, 0.15) is 4.90 Å². The van der Waals surface area contributed by atoms with Crippen LogP contribution in [0.3, 0.4) is 0 Å². The van der Waals surface area contributed by atoms with E-state index in [1.54, 1.807) is 7.05 Å². The van der Waals surface area contributed by atoms with Gasteiger partial charge in [-0.2, -0.15) is 4.31 Å². The van der Waals surface area contributed by atoms with Crippen LogP contribution >= 0.6 is 11.3 Å². The quantitative estimate of drug-likeness (QED) is 0.865. The maximum atomic E-state index is 13.0. The van der Waals surface area contributed by atoms with Crippen molar-refractivity contribution in [3.05, 3.63) is 15.8 Å². The van der Waals surface area contributed by atoms with Gasteiger partial charge in [0.2, 0.25) is 10.0 Å². The monoisotopic (exact) mass is 332 g/mol. The lowest BCUT2D eigenvalue weighted by Gasteiger charge is -2.26. The average molecular weight is 332 g/mol. The Hall–Kier alpha value is -0.470. The number of sulfonamides is 1. The van der Waals surface area contributed by atoms with E-state index >= 15 is 0 Å². The molecule has 2 unspecified atom stereocenters. The van der Waals surface area contributed by atoms with Gasteiger partial charge in [0.05, 0.1) is 12.1 Å². The zero-order chi connectivity index (χ0) is 15.6. The molecule has 0 bridgehead atoms. The van der Waals surface area contributed by atoms with Crippen molar-refractivity contribution in [2.75, 3.05) is 20.2 Å². The molecule has 1 aromatic heterocycles. The van der Waals surface area contributed by atoms with Crippen LogP contribution in [0.2, 0.25) is 0 Å². The first-order valence-electron chi connectivity index (χ1n) is 7.27. The van der Waals surface area contributed by atoms with E-state index in [2.05, 4.69) is 5.32 Å². The number of hydrogen-bond donors (Lipinski definition) is 1. The Labute approximate surface area is 131 Å². The molecule has 0 aromatic carbocycles. The first kappa shape index (κ1) is 16.9. The lowest BCUT2D eigenvalue weighted by molar-refractivity contribution is 0.102. The normalized spacial score (nSPS) is 23.1. The molecule has 1 saturated heterocycles. The standard InChI is InChI=1S/C14H24N2O3S2/c1-5-15-8-13-14(10(2)9-20-13)21(17,18)16(4)12-6-7-19-11(12)3/h9,11-12,15H,5-8H2,1-4H3. The molecule has 1 aliphatic rings. The van der Waals surface area contributed by atoms with Crippen molar-refractivity contribution < 1.29 is 13.2 Å². The topological polar surface area (TPSA) is 58.6 Å². The van der Waals surface area contributed by atoms with E-state index in [4.69, 9.17) is 4.74 Å². The minimum Gasteiger partial charge on any atom is -0.377 e. The number of rotatable bonds is 6. The Kier molecular flexibility index (Phi) is 5.43. The average Bonchev–Trinajstić information content (AvgIpc) is 3.01. The molecule has 1 aliphatic heterocycles. The molecule has 1 N–H and O–H groups in total. The van der Waals surface area contributed by atoms with Crippen LogP contribution in [0.5, 0.6) is 0 Å². The third-order valence-corrected chi connectivity index (χ3v) is 7.31. The lowest BCUT2D eigenvalue weighted by Crippen LogP contribution is -2.41. The fraction of sp³-hybridized carbons (Fsp3) is 0.714. The van der Waals surface area contributed by atoms with Gasteiger partial charge in [-0.25, -0.2) is 8.42 Å². The molecule has 2 heterocycles. The summed E-state index contributed by atoms with van der Waals surface area (Å²) in [5.74, 6) is 0. The van der Waals surface area contributed by atoms with Crippen molar-refractivity contribution in [3.63, 3.8) is 0 Å². The number of ether oxygens (including phenoxy) is 1. The maximum absolute atomic E-state index is 13.0. The molecule has 0 spiro atoms. The maximum Gasteiger partial charge on any atom is 0.244 e. The van der Waals surface area contributed by atoms with Crippen LogP contribution < -0.4 is 5.32 Å². The summed E-state index contributed by atoms with van der Waals surface area (Å²) in [6.07, 6.45) is 0.698. The van der Waals surface area contributed by atoms with Gasteiger partial charge in [0, 0.05) is 25.1 Å². The Bertz CT molecular complexity index is 583. The van der Waals surface area contributed by atoms with E-state index in [-0.39, 0.29) is 12.1 Å².